The van der Waals surface area contributed by atoms with E-state index in [0.717, 1.165) is 40.3 Å². The van der Waals surface area contributed by atoms with Gasteiger partial charge in [0.1, 0.15) is 5.76 Å². The first-order valence-corrected chi connectivity index (χ1v) is 12.5. The van der Waals surface area contributed by atoms with Crippen molar-refractivity contribution in [3.63, 3.8) is 0 Å². The maximum Gasteiger partial charge on any atom is 0.287 e. The van der Waals surface area contributed by atoms with E-state index >= 15 is 0 Å². The van der Waals surface area contributed by atoms with Crippen LogP contribution in [0.5, 0.6) is 17.2 Å². The number of amides is 1. The number of aryl methyl sites for hydroxylation is 1. The zero-order chi connectivity index (χ0) is 23.5. The zero-order valence-corrected chi connectivity index (χ0v) is 20.8. The fourth-order valence-electron chi connectivity index (χ4n) is 4.52. The number of furan rings is 1. The summed E-state index contributed by atoms with van der Waals surface area (Å²) in [5.41, 5.74) is 2.85. The molecular formula is C25H32N2O5S. The van der Waals surface area contributed by atoms with Crippen molar-refractivity contribution in [1.29, 1.82) is 0 Å². The highest BCUT2D eigenvalue weighted by Gasteiger charge is 2.39. The second kappa shape index (κ2) is 10.1. The van der Waals surface area contributed by atoms with E-state index in [1.54, 1.807) is 0 Å². The largest absolute Gasteiger partial charge is 0.490 e. The van der Waals surface area contributed by atoms with E-state index in [2.05, 4.69) is 12.2 Å². The van der Waals surface area contributed by atoms with Crippen LogP contribution in [-0.2, 0) is 13.0 Å². The third kappa shape index (κ3) is 4.71. The van der Waals surface area contributed by atoms with Crippen LogP contribution in [0.1, 0.15) is 73.2 Å². The molecule has 8 heteroatoms. The Morgan fingerprint density at radius 3 is 2.42 bits per heavy atom. The van der Waals surface area contributed by atoms with Crippen molar-refractivity contribution in [3.8, 4) is 17.2 Å². The molecule has 0 bridgehead atoms. The highest BCUT2D eigenvalue weighted by Crippen LogP contribution is 2.47. The first-order valence-electron chi connectivity index (χ1n) is 11.6. The van der Waals surface area contributed by atoms with E-state index in [1.165, 1.54) is 0 Å². The third-order valence-corrected chi connectivity index (χ3v) is 7.09. The molecule has 1 aromatic heterocycles. The van der Waals surface area contributed by atoms with Crippen molar-refractivity contribution >= 4 is 22.7 Å². The minimum atomic E-state index is -0.227. The van der Waals surface area contributed by atoms with Gasteiger partial charge in [0, 0.05) is 29.3 Å². The maximum absolute atomic E-state index is 13.1. The van der Waals surface area contributed by atoms with Crippen molar-refractivity contribution in [2.75, 3.05) is 19.8 Å². The van der Waals surface area contributed by atoms with Gasteiger partial charge >= 0.3 is 0 Å². The normalized spacial score (nSPS) is 18.9. The monoisotopic (exact) mass is 472 g/mol. The highest BCUT2D eigenvalue weighted by molar-refractivity contribution is 8.14. The van der Waals surface area contributed by atoms with Gasteiger partial charge in [0.2, 0.25) is 5.75 Å². The fourth-order valence-corrected chi connectivity index (χ4v) is 5.69. The molecule has 0 unspecified atom stereocenters. The molecule has 0 saturated carbocycles. The molecule has 1 aromatic carbocycles. The molecule has 0 fully saturated rings. The van der Waals surface area contributed by atoms with Crippen LogP contribution in [0, 0.1) is 6.92 Å². The topological polar surface area (TPSA) is 82.3 Å². The third-order valence-electron chi connectivity index (χ3n) is 5.85. The summed E-state index contributed by atoms with van der Waals surface area (Å²) in [6, 6.07) is 3.86. The first-order chi connectivity index (χ1) is 16.0. The lowest BCUT2D eigenvalue weighted by Gasteiger charge is -2.22. The molecule has 33 heavy (non-hydrogen) atoms. The number of carbonyl (C=O) groups is 1. The molecule has 2 heterocycles. The summed E-state index contributed by atoms with van der Waals surface area (Å²) in [5.74, 6) is 2.86. The highest BCUT2D eigenvalue weighted by atomic mass is 32.2. The fraction of sp³-hybridized carbons (Fsp3) is 0.520. The van der Waals surface area contributed by atoms with Crippen LogP contribution in [0.15, 0.2) is 21.5 Å². The Morgan fingerprint density at radius 1 is 1.12 bits per heavy atom. The van der Waals surface area contributed by atoms with Crippen molar-refractivity contribution in [3.05, 3.63) is 40.3 Å². The van der Waals surface area contributed by atoms with E-state index in [4.69, 9.17) is 23.6 Å². The average Bonchev–Trinajstić information content (AvgIpc) is 3.33. The molecule has 0 spiro atoms. The minimum absolute atomic E-state index is 0.0951. The van der Waals surface area contributed by atoms with Gasteiger partial charge in [-0.3, -0.25) is 9.79 Å². The lowest BCUT2D eigenvalue weighted by molar-refractivity contribution is 0.0920. The van der Waals surface area contributed by atoms with Crippen molar-refractivity contribution in [2.24, 2.45) is 4.99 Å². The number of benzene rings is 1. The van der Waals surface area contributed by atoms with Gasteiger partial charge in [-0.1, -0.05) is 0 Å². The molecule has 7 nitrogen and oxygen atoms in total. The van der Waals surface area contributed by atoms with Crippen LogP contribution >= 0.6 is 11.8 Å². The van der Waals surface area contributed by atoms with Gasteiger partial charge in [-0.25, -0.2) is 0 Å². The predicted molar refractivity (Wildman–Crippen MR) is 130 cm³/mol. The summed E-state index contributed by atoms with van der Waals surface area (Å²) < 4.78 is 23.4. The van der Waals surface area contributed by atoms with Gasteiger partial charge in [-0.2, -0.15) is 0 Å². The Bertz CT molecular complexity index is 1030. The van der Waals surface area contributed by atoms with Gasteiger partial charge in [-0.15, -0.1) is 11.8 Å². The number of fused-ring (bicyclic) bond motifs is 3. The smallest absolute Gasteiger partial charge is 0.287 e. The Kier molecular flexibility index (Phi) is 7.22. The van der Waals surface area contributed by atoms with Gasteiger partial charge in [0.25, 0.3) is 5.91 Å². The van der Waals surface area contributed by atoms with Gasteiger partial charge in [-0.05, 0) is 58.7 Å². The Balaban J connectivity index is 1.54. The van der Waals surface area contributed by atoms with E-state index < -0.39 is 0 Å². The summed E-state index contributed by atoms with van der Waals surface area (Å²) in [6.07, 6.45) is 1.86. The molecule has 4 rings (SSSR count). The number of hydrogen-bond acceptors (Lipinski definition) is 7. The number of aliphatic imine (C=N–C) groups is 1. The lowest BCUT2D eigenvalue weighted by atomic mass is 9.90. The van der Waals surface area contributed by atoms with E-state index in [1.807, 2.05) is 51.6 Å². The van der Waals surface area contributed by atoms with Crippen LogP contribution in [-0.4, -0.2) is 36.0 Å². The van der Waals surface area contributed by atoms with Crippen molar-refractivity contribution < 1.29 is 23.4 Å². The first kappa shape index (κ1) is 23.5. The molecule has 2 aliphatic rings. The van der Waals surface area contributed by atoms with Crippen LogP contribution in [0.2, 0.25) is 0 Å². The number of nitrogens with one attached hydrogen (secondary N) is 1. The second-order valence-corrected chi connectivity index (χ2v) is 9.52. The number of rotatable bonds is 9. The van der Waals surface area contributed by atoms with Gasteiger partial charge in [0.05, 0.1) is 30.9 Å². The Labute approximate surface area is 199 Å². The van der Waals surface area contributed by atoms with Crippen LogP contribution < -0.4 is 19.5 Å². The van der Waals surface area contributed by atoms with Gasteiger partial charge < -0.3 is 23.9 Å². The van der Waals surface area contributed by atoms with Crippen LogP contribution in [0.4, 0.5) is 0 Å². The molecule has 1 aliphatic carbocycles. The molecule has 2 aromatic rings. The molecule has 1 amide bonds. The standard InChI is InChI=1S/C25H32N2O5S/c1-6-29-18-11-16(12-19(30-7-2)24(18)31-8-3)13-26-25(28)23-14(4)21-17(32-23)9-10-20-22(21)27-15(5)33-20/h11-12,20,22H,6-10,13H2,1-5H3,(H,26,28)/t20-,22+/m0/s1. The molecule has 1 N–H and O–H groups in total. The quantitative estimate of drug-likeness (QED) is 0.538. The zero-order valence-electron chi connectivity index (χ0n) is 19.9. The molecule has 178 valence electrons. The number of ether oxygens (including phenoxy) is 3. The molecule has 0 radical (unpaired) electrons. The van der Waals surface area contributed by atoms with E-state index in [-0.39, 0.29) is 11.9 Å². The number of nitrogens with zero attached hydrogens (tertiary/aromatic N) is 1. The molecule has 1 aliphatic heterocycles. The molecular weight excluding hydrogens is 440 g/mol. The van der Waals surface area contributed by atoms with Crippen molar-refractivity contribution in [1.82, 2.24) is 5.32 Å². The summed E-state index contributed by atoms with van der Waals surface area (Å²) >= 11 is 1.84. The Hall–Kier alpha value is -2.61. The number of carbonyl (C=O) groups excluding carboxylic acids is 1. The molecule has 0 saturated heterocycles. The second-order valence-electron chi connectivity index (χ2n) is 8.08. The summed E-state index contributed by atoms with van der Waals surface area (Å²) in [6.45, 7) is 11.6. The van der Waals surface area contributed by atoms with E-state index in [9.17, 15) is 4.79 Å². The summed E-state index contributed by atoms with van der Waals surface area (Å²) in [5, 5.41) is 4.55. The van der Waals surface area contributed by atoms with Crippen molar-refractivity contribution in [2.45, 2.75) is 65.3 Å². The average molecular weight is 473 g/mol. The Morgan fingerprint density at radius 2 is 1.79 bits per heavy atom. The number of hydrogen-bond donors (Lipinski definition) is 1. The minimum Gasteiger partial charge on any atom is -0.490 e. The van der Waals surface area contributed by atoms with E-state index in [0.29, 0.717) is 54.6 Å². The number of thioether (sulfide) groups is 1. The lowest BCUT2D eigenvalue weighted by Crippen LogP contribution is -2.23. The SMILES string of the molecule is CCOc1cc(CNC(=O)c2oc3c(c2C)[C@@H]2N=C(C)S[C@H]2CC3)cc(OCC)c1OCC. The van der Waals surface area contributed by atoms with Crippen LogP contribution in [0.3, 0.4) is 0 Å². The van der Waals surface area contributed by atoms with Gasteiger partial charge in [0.15, 0.2) is 17.3 Å². The maximum atomic E-state index is 13.1. The molecule has 2 atom stereocenters. The summed E-state index contributed by atoms with van der Waals surface area (Å²) in [7, 11) is 0. The summed E-state index contributed by atoms with van der Waals surface area (Å²) in [4.78, 5) is 17.9. The van der Waals surface area contributed by atoms with Crippen LogP contribution in [0.25, 0.3) is 0 Å². The predicted octanol–water partition coefficient (Wildman–Crippen LogP) is 5.24.